The molecule has 2 unspecified atom stereocenters. The standard InChI is InChI=1S/C32H40O6/c1-5-13-23(14-6-1)21-33-25-27-29(37-31(35-27)17-9-3-10-18-31)26(34-22-24-15-7-2-8-16-24)30-28(25)36-32(38-30)19-11-4-12-20-32/h1-2,5-8,13-16,25-30H,3-4,9-12,17-22H2/t25?,26?,27-,28+,29+,30-. The third-order valence-corrected chi connectivity index (χ3v) is 9.15. The molecule has 38 heavy (non-hydrogen) atoms. The molecule has 2 spiro atoms. The van der Waals surface area contributed by atoms with Crippen LogP contribution in [0, 0.1) is 0 Å². The Hall–Kier alpha value is -1.80. The van der Waals surface area contributed by atoms with Gasteiger partial charge in [-0.3, -0.25) is 0 Å². The van der Waals surface area contributed by atoms with Crippen LogP contribution in [0.5, 0.6) is 0 Å². The second kappa shape index (κ2) is 10.6. The highest BCUT2D eigenvalue weighted by Crippen LogP contribution is 2.52. The lowest BCUT2D eigenvalue weighted by Gasteiger charge is -2.42. The Morgan fingerprint density at radius 1 is 0.500 bits per heavy atom. The molecule has 3 aliphatic carbocycles. The SMILES string of the molecule is c1ccc(COC2[C@H]3OC4(CCCCC4)O[C@H]3C(OCc3ccccc3)[C@H]3OC4(CCCCC4)O[C@@H]23)cc1. The fourth-order valence-electron chi connectivity index (χ4n) is 7.27. The Morgan fingerprint density at radius 2 is 0.842 bits per heavy atom. The Kier molecular flexibility index (Phi) is 7.05. The van der Waals surface area contributed by atoms with Gasteiger partial charge < -0.3 is 28.4 Å². The van der Waals surface area contributed by atoms with Gasteiger partial charge in [0.15, 0.2) is 11.6 Å². The maximum absolute atomic E-state index is 6.90. The maximum Gasteiger partial charge on any atom is 0.169 e. The van der Waals surface area contributed by atoms with Crippen LogP contribution in [-0.2, 0) is 41.6 Å². The van der Waals surface area contributed by atoms with E-state index in [0.29, 0.717) is 13.2 Å². The van der Waals surface area contributed by atoms with Crippen LogP contribution < -0.4 is 0 Å². The number of hydrogen-bond acceptors (Lipinski definition) is 6. The second-order valence-corrected chi connectivity index (χ2v) is 11.8. The van der Waals surface area contributed by atoms with Gasteiger partial charge in [0.25, 0.3) is 0 Å². The zero-order valence-electron chi connectivity index (χ0n) is 22.2. The predicted octanol–water partition coefficient (Wildman–Crippen LogP) is 6.06. The highest BCUT2D eigenvalue weighted by Gasteiger charge is 2.66. The Bertz CT molecular complexity index is 935. The van der Waals surface area contributed by atoms with Crippen molar-refractivity contribution in [3.8, 4) is 0 Å². The number of rotatable bonds is 6. The van der Waals surface area contributed by atoms with Gasteiger partial charge in [-0.25, -0.2) is 0 Å². The maximum atomic E-state index is 6.90. The summed E-state index contributed by atoms with van der Waals surface area (Å²) in [6.07, 6.45) is 8.96. The topological polar surface area (TPSA) is 55.4 Å². The predicted molar refractivity (Wildman–Crippen MR) is 141 cm³/mol. The molecule has 2 heterocycles. The van der Waals surface area contributed by atoms with Gasteiger partial charge in [0, 0.05) is 25.7 Å². The van der Waals surface area contributed by atoms with E-state index < -0.39 is 11.6 Å². The van der Waals surface area contributed by atoms with Gasteiger partial charge in [-0.1, -0.05) is 73.5 Å². The van der Waals surface area contributed by atoms with E-state index in [-0.39, 0.29) is 36.6 Å². The van der Waals surface area contributed by atoms with Crippen LogP contribution in [0.25, 0.3) is 0 Å². The van der Waals surface area contributed by atoms with Crippen LogP contribution in [0.1, 0.15) is 75.3 Å². The zero-order valence-corrected chi connectivity index (χ0v) is 22.2. The van der Waals surface area contributed by atoms with Crippen molar-refractivity contribution in [2.75, 3.05) is 0 Å². The molecule has 0 N–H and O–H groups in total. The van der Waals surface area contributed by atoms with E-state index >= 15 is 0 Å². The molecule has 5 fully saturated rings. The molecule has 6 heteroatoms. The third kappa shape index (κ3) is 4.85. The molecule has 2 saturated heterocycles. The molecule has 204 valence electrons. The molecular weight excluding hydrogens is 480 g/mol. The van der Waals surface area contributed by atoms with E-state index in [1.54, 1.807) is 0 Å². The van der Waals surface area contributed by atoms with Gasteiger partial charge in [0.1, 0.15) is 36.6 Å². The molecule has 7 rings (SSSR count). The van der Waals surface area contributed by atoms with Crippen molar-refractivity contribution in [3.63, 3.8) is 0 Å². The summed E-state index contributed by atoms with van der Waals surface area (Å²) >= 11 is 0. The first-order valence-electron chi connectivity index (χ1n) is 14.8. The van der Waals surface area contributed by atoms with Gasteiger partial charge in [0.2, 0.25) is 0 Å². The summed E-state index contributed by atoms with van der Waals surface area (Å²) < 4.78 is 41.0. The van der Waals surface area contributed by atoms with E-state index in [0.717, 1.165) is 62.5 Å². The normalized spacial score (nSPS) is 35.3. The first-order chi connectivity index (χ1) is 18.7. The fourth-order valence-corrected chi connectivity index (χ4v) is 7.27. The Balaban J connectivity index is 1.20. The monoisotopic (exact) mass is 520 g/mol. The van der Waals surface area contributed by atoms with Gasteiger partial charge in [-0.05, 0) is 36.8 Å². The van der Waals surface area contributed by atoms with E-state index in [4.69, 9.17) is 28.4 Å². The van der Waals surface area contributed by atoms with Crippen LogP contribution in [0.2, 0.25) is 0 Å². The van der Waals surface area contributed by atoms with Crippen molar-refractivity contribution in [1.29, 1.82) is 0 Å². The van der Waals surface area contributed by atoms with Crippen molar-refractivity contribution in [2.24, 2.45) is 0 Å². The minimum absolute atomic E-state index is 0.263. The summed E-state index contributed by atoms with van der Waals surface area (Å²) in [5.41, 5.74) is 2.28. The second-order valence-electron chi connectivity index (χ2n) is 11.8. The molecule has 0 bridgehead atoms. The van der Waals surface area contributed by atoms with Gasteiger partial charge in [-0.15, -0.1) is 0 Å². The molecule has 0 amide bonds. The van der Waals surface area contributed by atoms with Crippen molar-refractivity contribution >= 4 is 0 Å². The van der Waals surface area contributed by atoms with E-state index in [1.165, 1.54) is 12.8 Å². The minimum atomic E-state index is -0.558. The zero-order chi connectivity index (χ0) is 25.4. The summed E-state index contributed by atoms with van der Waals surface area (Å²) in [5.74, 6) is -1.12. The molecular formula is C32H40O6. The fraction of sp³-hybridized carbons (Fsp3) is 0.625. The minimum Gasteiger partial charge on any atom is -0.368 e. The summed E-state index contributed by atoms with van der Waals surface area (Å²) in [7, 11) is 0. The van der Waals surface area contributed by atoms with E-state index in [1.807, 2.05) is 12.1 Å². The molecule has 0 aromatic heterocycles. The summed E-state index contributed by atoms with van der Waals surface area (Å²) in [6, 6.07) is 20.7. The number of benzene rings is 2. The quantitative estimate of drug-likeness (QED) is 0.462. The van der Waals surface area contributed by atoms with E-state index in [9.17, 15) is 0 Å². The Morgan fingerprint density at radius 3 is 1.18 bits per heavy atom. The van der Waals surface area contributed by atoms with Crippen LogP contribution in [0.3, 0.4) is 0 Å². The van der Waals surface area contributed by atoms with Gasteiger partial charge >= 0.3 is 0 Å². The largest absolute Gasteiger partial charge is 0.368 e. The highest BCUT2D eigenvalue weighted by atomic mass is 16.8. The smallest absolute Gasteiger partial charge is 0.169 e. The van der Waals surface area contributed by atoms with Crippen LogP contribution in [0.15, 0.2) is 60.7 Å². The summed E-state index contributed by atoms with van der Waals surface area (Å²) in [5, 5.41) is 0. The molecule has 0 radical (unpaired) electrons. The average molecular weight is 521 g/mol. The van der Waals surface area contributed by atoms with Crippen molar-refractivity contribution < 1.29 is 28.4 Å². The molecule has 6 atom stereocenters. The molecule has 3 saturated carbocycles. The summed E-state index contributed by atoms with van der Waals surface area (Å²) in [4.78, 5) is 0. The summed E-state index contributed by atoms with van der Waals surface area (Å²) in [6.45, 7) is 1.00. The average Bonchev–Trinajstić information content (AvgIpc) is 3.50. The molecule has 6 nitrogen and oxygen atoms in total. The molecule has 2 aromatic carbocycles. The van der Waals surface area contributed by atoms with Crippen molar-refractivity contribution in [2.45, 2.75) is 126 Å². The molecule has 5 aliphatic rings. The molecule has 2 aliphatic heterocycles. The van der Waals surface area contributed by atoms with Crippen molar-refractivity contribution in [1.82, 2.24) is 0 Å². The van der Waals surface area contributed by atoms with Crippen LogP contribution >= 0.6 is 0 Å². The number of ether oxygens (including phenoxy) is 6. The lowest BCUT2D eigenvalue weighted by Crippen LogP contribution is -2.62. The van der Waals surface area contributed by atoms with E-state index in [2.05, 4.69) is 48.5 Å². The first kappa shape index (κ1) is 25.2. The van der Waals surface area contributed by atoms with Gasteiger partial charge in [0.05, 0.1) is 13.2 Å². The van der Waals surface area contributed by atoms with Gasteiger partial charge in [-0.2, -0.15) is 0 Å². The first-order valence-corrected chi connectivity index (χ1v) is 14.8. The number of fused-ring (bicyclic) bond motifs is 2. The van der Waals surface area contributed by atoms with Crippen LogP contribution in [-0.4, -0.2) is 48.2 Å². The molecule has 2 aromatic rings. The Labute approximate surface area is 225 Å². The highest BCUT2D eigenvalue weighted by molar-refractivity contribution is 5.16. The lowest BCUT2D eigenvalue weighted by molar-refractivity contribution is -0.229. The number of hydrogen-bond donors (Lipinski definition) is 0. The third-order valence-electron chi connectivity index (χ3n) is 9.15. The van der Waals surface area contributed by atoms with Crippen LogP contribution in [0.4, 0.5) is 0 Å². The van der Waals surface area contributed by atoms with Crippen molar-refractivity contribution in [3.05, 3.63) is 71.8 Å². The lowest BCUT2D eigenvalue weighted by atomic mass is 9.84.